The van der Waals surface area contributed by atoms with Crippen molar-refractivity contribution in [2.75, 3.05) is 19.7 Å². The van der Waals surface area contributed by atoms with E-state index in [0.717, 1.165) is 15.6 Å². The third kappa shape index (κ3) is 3.74. The number of aromatic nitrogens is 3. The third-order valence-electron chi connectivity index (χ3n) is 5.39. The molecule has 164 valence electrons. The van der Waals surface area contributed by atoms with Gasteiger partial charge in [-0.1, -0.05) is 18.2 Å². The fourth-order valence-electron chi connectivity index (χ4n) is 3.98. The van der Waals surface area contributed by atoms with Crippen molar-refractivity contribution >= 4 is 39.0 Å². The van der Waals surface area contributed by atoms with Crippen LogP contribution in [0, 0.1) is 0 Å². The topological polar surface area (TPSA) is 88.8 Å². The van der Waals surface area contributed by atoms with Crippen LogP contribution in [0.4, 0.5) is 0 Å². The van der Waals surface area contributed by atoms with Gasteiger partial charge in [0.15, 0.2) is 0 Å². The van der Waals surface area contributed by atoms with Crippen LogP contribution in [0.2, 0.25) is 0 Å². The number of fused-ring (bicyclic) bond motifs is 2. The molecule has 1 fully saturated rings. The minimum absolute atomic E-state index is 0.0227. The Bertz CT molecular complexity index is 1280. The first-order chi connectivity index (χ1) is 15.5. The van der Waals surface area contributed by atoms with E-state index in [9.17, 15) is 9.59 Å². The molecule has 1 saturated heterocycles. The van der Waals surface area contributed by atoms with Gasteiger partial charge in [0.2, 0.25) is 5.78 Å². The fraction of sp³-hybridized carbons (Fsp3) is 0.304. The molecule has 3 aromatic heterocycles. The first-order valence-electron chi connectivity index (χ1n) is 10.5. The van der Waals surface area contributed by atoms with Gasteiger partial charge in [-0.05, 0) is 31.4 Å². The van der Waals surface area contributed by atoms with Crippen LogP contribution in [0.1, 0.15) is 45.7 Å². The molecule has 1 atom stereocenters. The van der Waals surface area contributed by atoms with E-state index in [4.69, 9.17) is 4.74 Å². The highest BCUT2D eigenvalue weighted by atomic mass is 32.1. The number of ether oxygens (including phenoxy) is 1. The van der Waals surface area contributed by atoms with Crippen molar-refractivity contribution in [3.05, 3.63) is 65.1 Å². The molecule has 32 heavy (non-hydrogen) atoms. The van der Waals surface area contributed by atoms with Gasteiger partial charge in [-0.15, -0.1) is 11.3 Å². The molecular formula is C23H23N5O3S. The number of rotatable bonds is 4. The summed E-state index contributed by atoms with van der Waals surface area (Å²) in [6, 6.07) is 9.74. The predicted molar refractivity (Wildman–Crippen MR) is 122 cm³/mol. The summed E-state index contributed by atoms with van der Waals surface area (Å²) >= 11 is 1.46. The Morgan fingerprint density at radius 3 is 2.91 bits per heavy atom. The van der Waals surface area contributed by atoms with E-state index >= 15 is 0 Å². The Balaban J connectivity index is 1.47. The lowest BCUT2D eigenvalue weighted by atomic mass is 10.0. The molecule has 0 radical (unpaired) electrons. The summed E-state index contributed by atoms with van der Waals surface area (Å²) < 4.78 is 8.85. The van der Waals surface area contributed by atoms with Crippen LogP contribution in [0.15, 0.2) is 48.9 Å². The number of morpholine rings is 1. The van der Waals surface area contributed by atoms with Crippen molar-refractivity contribution in [1.82, 2.24) is 24.6 Å². The summed E-state index contributed by atoms with van der Waals surface area (Å²) in [5.41, 5.74) is 1.19. The van der Waals surface area contributed by atoms with E-state index in [1.54, 1.807) is 27.8 Å². The molecule has 4 aromatic rings. The maximum absolute atomic E-state index is 13.2. The number of hydrogen-bond donors (Lipinski definition) is 1. The summed E-state index contributed by atoms with van der Waals surface area (Å²) in [7, 11) is 0. The lowest BCUT2D eigenvalue weighted by molar-refractivity contribution is -0.0224. The van der Waals surface area contributed by atoms with Crippen LogP contribution in [0.5, 0.6) is 0 Å². The van der Waals surface area contributed by atoms with Gasteiger partial charge in [0, 0.05) is 41.4 Å². The standard InChI is InChI=1S/C23H23N5O3S/c1-14(2)25-21(29)20-19(15-6-3-4-7-18(15)32-20)17-13-27(10-11-31-17)22(30)16-12-28-9-5-8-24-23(28)26-16/h3-9,12,14,17H,10-11,13H2,1-2H3,(H,25,29). The SMILES string of the molecule is CC(C)NC(=O)c1sc2ccccc2c1C1CN(C(=O)c2cn3cccnc3n2)CCO1. The average molecular weight is 450 g/mol. The van der Waals surface area contributed by atoms with Crippen molar-refractivity contribution in [1.29, 1.82) is 0 Å². The van der Waals surface area contributed by atoms with E-state index in [-0.39, 0.29) is 17.9 Å². The van der Waals surface area contributed by atoms with Crippen molar-refractivity contribution in [3.8, 4) is 0 Å². The van der Waals surface area contributed by atoms with E-state index in [2.05, 4.69) is 15.3 Å². The third-order valence-corrected chi connectivity index (χ3v) is 6.58. The lowest BCUT2D eigenvalue weighted by Gasteiger charge is -2.33. The van der Waals surface area contributed by atoms with E-state index in [0.29, 0.717) is 36.0 Å². The molecule has 4 heterocycles. The van der Waals surface area contributed by atoms with Gasteiger partial charge in [-0.2, -0.15) is 0 Å². The fourth-order valence-corrected chi connectivity index (χ4v) is 5.14. The highest BCUT2D eigenvalue weighted by Gasteiger charge is 2.32. The van der Waals surface area contributed by atoms with Gasteiger partial charge >= 0.3 is 0 Å². The number of carbonyl (C=O) groups excluding carboxylic acids is 2. The van der Waals surface area contributed by atoms with E-state index in [1.165, 1.54) is 11.3 Å². The number of nitrogens with zero attached hydrogens (tertiary/aromatic N) is 4. The van der Waals surface area contributed by atoms with Gasteiger partial charge in [0.05, 0.1) is 18.0 Å². The van der Waals surface area contributed by atoms with Crippen molar-refractivity contribution in [2.45, 2.75) is 26.0 Å². The average Bonchev–Trinajstić information content (AvgIpc) is 3.40. The molecular weight excluding hydrogens is 426 g/mol. The maximum atomic E-state index is 13.2. The molecule has 0 bridgehead atoms. The Kier molecular flexibility index (Phi) is 5.36. The van der Waals surface area contributed by atoms with Crippen LogP contribution in [0.25, 0.3) is 15.9 Å². The molecule has 1 aromatic carbocycles. The predicted octanol–water partition coefficient (Wildman–Crippen LogP) is 3.30. The number of hydrogen-bond acceptors (Lipinski definition) is 6. The molecule has 8 nitrogen and oxygen atoms in total. The monoisotopic (exact) mass is 449 g/mol. The Morgan fingerprint density at radius 2 is 2.09 bits per heavy atom. The van der Waals surface area contributed by atoms with Crippen molar-refractivity contribution in [3.63, 3.8) is 0 Å². The van der Waals surface area contributed by atoms with Crippen molar-refractivity contribution in [2.24, 2.45) is 0 Å². The highest BCUT2D eigenvalue weighted by Crippen LogP contribution is 2.38. The molecule has 2 amide bonds. The first kappa shape index (κ1) is 20.6. The van der Waals surface area contributed by atoms with Gasteiger partial charge in [0.1, 0.15) is 11.8 Å². The van der Waals surface area contributed by atoms with Crippen LogP contribution in [0.3, 0.4) is 0 Å². The van der Waals surface area contributed by atoms with Crippen LogP contribution in [-0.4, -0.2) is 56.8 Å². The summed E-state index contributed by atoms with van der Waals surface area (Å²) in [4.78, 5) is 37.1. The zero-order valence-electron chi connectivity index (χ0n) is 17.8. The van der Waals surface area contributed by atoms with E-state index in [1.807, 2.05) is 44.3 Å². The van der Waals surface area contributed by atoms with Crippen LogP contribution in [-0.2, 0) is 4.74 Å². The molecule has 1 aliphatic heterocycles. The smallest absolute Gasteiger partial charge is 0.274 e. The minimum Gasteiger partial charge on any atom is -0.370 e. The molecule has 9 heteroatoms. The molecule has 1 unspecified atom stereocenters. The zero-order valence-corrected chi connectivity index (χ0v) is 18.6. The number of nitrogens with one attached hydrogen (secondary N) is 1. The molecule has 1 N–H and O–H groups in total. The highest BCUT2D eigenvalue weighted by molar-refractivity contribution is 7.21. The maximum Gasteiger partial charge on any atom is 0.274 e. The van der Waals surface area contributed by atoms with Crippen LogP contribution < -0.4 is 5.32 Å². The van der Waals surface area contributed by atoms with Gasteiger partial charge < -0.3 is 15.0 Å². The second-order valence-corrected chi connectivity index (χ2v) is 9.09. The quantitative estimate of drug-likeness (QED) is 0.516. The van der Waals surface area contributed by atoms with E-state index < -0.39 is 6.10 Å². The Morgan fingerprint density at radius 1 is 1.25 bits per heavy atom. The Labute approximate surface area is 188 Å². The molecule has 0 saturated carbocycles. The minimum atomic E-state index is -0.396. The first-order valence-corrected chi connectivity index (χ1v) is 11.4. The largest absolute Gasteiger partial charge is 0.370 e. The zero-order chi connectivity index (χ0) is 22.2. The summed E-state index contributed by atoms with van der Waals surface area (Å²) in [5.74, 6) is 0.198. The number of benzene rings is 1. The number of carbonyl (C=O) groups is 2. The molecule has 0 aliphatic carbocycles. The number of imidazole rings is 1. The Hall–Kier alpha value is -3.30. The second kappa shape index (κ2) is 8.33. The summed E-state index contributed by atoms with van der Waals surface area (Å²) in [6.45, 7) is 5.07. The van der Waals surface area contributed by atoms with Gasteiger partial charge in [0.25, 0.3) is 11.8 Å². The normalized spacial score (nSPS) is 16.7. The summed E-state index contributed by atoms with van der Waals surface area (Å²) in [6.07, 6.45) is 4.75. The lowest BCUT2D eigenvalue weighted by Crippen LogP contribution is -2.42. The number of amides is 2. The number of thiophene rings is 1. The van der Waals surface area contributed by atoms with Gasteiger partial charge in [-0.3, -0.25) is 14.0 Å². The van der Waals surface area contributed by atoms with Crippen molar-refractivity contribution < 1.29 is 14.3 Å². The molecule has 0 spiro atoms. The van der Waals surface area contributed by atoms with Gasteiger partial charge in [-0.25, -0.2) is 9.97 Å². The summed E-state index contributed by atoms with van der Waals surface area (Å²) in [5, 5.41) is 3.98. The second-order valence-electron chi connectivity index (χ2n) is 8.03. The van der Waals surface area contributed by atoms with Crippen LogP contribution >= 0.6 is 11.3 Å². The molecule has 5 rings (SSSR count). The molecule has 1 aliphatic rings.